The summed E-state index contributed by atoms with van der Waals surface area (Å²) in [5.74, 6) is 1.52. The van der Waals surface area contributed by atoms with Crippen LogP contribution < -0.4 is 4.90 Å². The van der Waals surface area contributed by atoms with Gasteiger partial charge in [0, 0.05) is 31.1 Å². The highest BCUT2D eigenvalue weighted by molar-refractivity contribution is 5.96. The van der Waals surface area contributed by atoms with E-state index in [1.165, 1.54) is 0 Å². The van der Waals surface area contributed by atoms with Gasteiger partial charge in [0.2, 0.25) is 17.6 Å². The van der Waals surface area contributed by atoms with Crippen LogP contribution in [0.15, 0.2) is 51.4 Å². The molecule has 1 aliphatic rings. The highest BCUT2D eigenvalue weighted by Gasteiger charge is 2.35. The number of carbonyl (C=O) groups excluding carboxylic acids is 1. The third-order valence-corrected chi connectivity index (χ3v) is 5.01. The number of oxazole rings is 1. The maximum absolute atomic E-state index is 12.5. The number of carbonyl (C=O) groups is 1. The minimum absolute atomic E-state index is 0.0631. The van der Waals surface area contributed by atoms with Crippen molar-refractivity contribution in [2.24, 2.45) is 0 Å². The van der Waals surface area contributed by atoms with Crippen molar-refractivity contribution >= 4 is 22.7 Å². The molecule has 1 fully saturated rings. The van der Waals surface area contributed by atoms with E-state index in [2.05, 4.69) is 15.1 Å². The molecule has 5 rings (SSSR count). The van der Waals surface area contributed by atoms with E-state index >= 15 is 0 Å². The van der Waals surface area contributed by atoms with Gasteiger partial charge in [-0.15, -0.1) is 0 Å². The van der Waals surface area contributed by atoms with Gasteiger partial charge in [0.15, 0.2) is 11.5 Å². The van der Waals surface area contributed by atoms with Gasteiger partial charge in [0.05, 0.1) is 5.92 Å². The lowest BCUT2D eigenvalue weighted by atomic mass is 10.1. The second-order valence-corrected chi connectivity index (χ2v) is 7.11. The number of hydrogen-bond acceptors (Lipinski definition) is 6. The molecule has 0 aliphatic carbocycles. The van der Waals surface area contributed by atoms with Crippen LogP contribution in [0.1, 0.15) is 29.7 Å². The number of aryl methyl sites for hydroxylation is 2. The van der Waals surface area contributed by atoms with Crippen molar-refractivity contribution in [3.05, 3.63) is 59.8 Å². The van der Waals surface area contributed by atoms with E-state index in [0.717, 1.165) is 27.9 Å². The smallest absolute Gasteiger partial charge is 0.232 e. The van der Waals surface area contributed by atoms with Gasteiger partial charge < -0.3 is 13.8 Å². The maximum atomic E-state index is 12.5. The highest BCUT2D eigenvalue weighted by atomic mass is 16.5. The summed E-state index contributed by atoms with van der Waals surface area (Å²) < 4.78 is 11.0. The van der Waals surface area contributed by atoms with Gasteiger partial charge in [0.1, 0.15) is 5.52 Å². The van der Waals surface area contributed by atoms with Gasteiger partial charge in [-0.1, -0.05) is 22.9 Å². The Bertz CT molecular complexity index is 1180. The second kappa shape index (κ2) is 6.30. The molecule has 1 atom stereocenters. The molecule has 28 heavy (non-hydrogen) atoms. The Balaban J connectivity index is 1.39. The number of benzene rings is 2. The summed E-state index contributed by atoms with van der Waals surface area (Å²) in [5, 5.41) is 4.10. The average Bonchev–Trinajstić information content (AvgIpc) is 3.39. The zero-order valence-corrected chi connectivity index (χ0v) is 15.5. The summed E-state index contributed by atoms with van der Waals surface area (Å²) in [4.78, 5) is 23.1. The van der Waals surface area contributed by atoms with E-state index < -0.39 is 0 Å². The first kappa shape index (κ1) is 16.7. The molecule has 1 saturated heterocycles. The van der Waals surface area contributed by atoms with Crippen LogP contribution in [-0.2, 0) is 4.79 Å². The van der Waals surface area contributed by atoms with Gasteiger partial charge in [-0.25, -0.2) is 4.98 Å². The average molecular weight is 374 g/mol. The second-order valence-electron chi connectivity index (χ2n) is 7.11. The number of hydrogen-bond donors (Lipinski definition) is 0. The zero-order valence-electron chi connectivity index (χ0n) is 15.5. The molecule has 0 saturated carbocycles. The fourth-order valence-corrected chi connectivity index (χ4v) is 3.55. The normalized spacial score (nSPS) is 17.0. The fourth-order valence-electron chi connectivity index (χ4n) is 3.55. The Morgan fingerprint density at radius 1 is 1.07 bits per heavy atom. The van der Waals surface area contributed by atoms with E-state index in [1.807, 2.05) is 56.3 Å². The Morgan fingerprint density at radius 2 is 1.89 bits per heavy atom. The predicted octanol–water partition coefficient (Wildman–Crippen LogP) is 4.02. The first-order valence-corrected chi connectivity index (χ1v) is 9.15. The van der Waals surface area contributed by atoms with Crippen molar-refractivity contribution in [1.29, 1.82) is 0 Å². The van der Waals surface area contributed by atoms with Crippen LogP contribution in [0.25, 0.3) is 22.5 Å². The van der Waals surface area contributed by atoms with Gasteiger partial charge in [-0.3, -0.25) is 4.79 Å². The lowest BCUT2D eigenvalue weighted by Gasteiger charge is -2.16. The van der Waals surface area contributed by atoms with Crippen LogP contribution >= 0.6 is 0 Å². The van der Waals surface area contributed by atoms with E-state index in [4.69, 9.17) is 8.94 Å². The number of aromatic nitrogens is 3. The standard InChI is InChI=1S/C21H18N4O3/c1-12-3-6-16(7-4-12)25-11-15(10-19(25)26)21-23-20(24-28-21)14-5-8-18-17(9-14)22-13(2)27-18/h3-9,15H,10-11H2,1-2H3/t15-/m1/s1. The number of fused-ring (bicyclic) bond motifs is 1. The number of amides is 1. The van der Waals surface area contributed by atoms with Gasteiger partial charge >= 0.3 is 0 Å². The largest absolute Gasteiger partial charge is 0.441 e. The molecular weight excluding hydrogens is 356 g/mol. The number of nitrogens with zero attached hydrogens (tertiary/aromatic N) is 4. The third-order valence-electron chi connectivity index (χ3n) is 5.01. The number of rotatable bonds is 3. The Kier molecular flexibility index (Phi) is 3.75. The van der Waals surface area contributed by atoms with Gasteiger partial charge in [0.25, 0.3) is 0 Å². The van der Waals surface area contributed by atoms with E-state index in [-0.39, 0.29) is 11.8 Å². The molecular formula is C21H18N4O3. The first-order valence-electron chi connectivity index (χ1n) is 9.15. The number of anilines is 1. The summed E-state index contributed by atoms with van der Waals surface area (Å²) in [6.07, 6.45) is 0.358. The molecule has 0 radical (unpaired) electrons. The molecule has 140 valence electrons. The van der Waals surface area contributed by atoms with E-state index in [9.17, 15) is 4.79 Å². The summed E-state index contributed by atoms with van der Waals surface area (Å²) >= 11 is 0. The molecule has 4 aromatic rings. The lowest BCUT2D eigenvalue weighted by molar-refractivity contribution is -0.117. The molecule has 2 aromatic heterocycles. The first-order chi connectivity index (χ1) is 13.6. The fraction of sp³-hybridized carbons (Fsp3) is 0.238. The van der Waals surface area contributed by atoms with Crippen LogP contribution in [0.4, 0.5) is 5.69 Å². The quantitative estimate of drug-likeness (QED) is 0.538. The molecule has 3 heterocycles. The molecule has 7 heteroatoms. The van der Waals surface area contributed by atoms with Crippen molar-refractivity contribution < 1.29 is 13.7 Å². The molecule has 0 N–H and O–H groups in total. The van der Waals surface area contributed by atoms with Crippen LogP contribution in [0.3, 0.4) is 0 Å². The SMILES string of the molecule is Cc1ccc(N2C[C@H](c3nc(-c4ccc5oc(C)nc5c4)no3)CC2=O)cc1. The molecule has 0 unspecified atom stereocenters. The van der Waals surface area contributed by atoms with Crippen LogP contribution in [0.5, 0.6) is 0 Å². The maximum Gasteiger partial charge on any atom is 0.232 e. The molecule has 0 bridgehead atoms. The predicted molar refractivity (Wildman–Crippen MR) is 103 cm³/mol. The summed E-state index contributed by atoms with van der Waals surface area (Å²) in [7, 11) is 0. The molecule has 1 amide bonds. The minimum Gasteiger partial charge on any atom is -0.441 e. The monoisotopic (exact) mass is 374 g/mol. The highest BCUT2D eigenvalue weighted by Crippen LogP contribution is 2.32. The topological polar surface area (TPSA) is 85.3 Å². The van der Waals surface area contributed by atoms with Gasteiger partial charge in [-0.2, -0.15) is 4.98 Å². The van der Waals surface area contributed by atoms with Crippen molar-refractivity contribution in [3.8, 4) is 11.4 Å². The third kappa shape index (κ3) is 2.85. The van der Waals surface area contributed by atoms with E-state index in [1.54, 1.807) is 4.90 Å². The van der Waals surface area contributed by atoms with Crippen LogP contribution in [0.2, 0.25) is 0 Å². The Hall–Kier alpha value is -3.48. The zero-order chi connectivity index (χ0) is 19.3. The van der Waals surface area contributed by atoms with E-state index in [0.29, 0.717) is 30.6 Å². The van der Waals surface area contributed by atoms with Crippen molar-refractivity contribution in [3.63, 3.8) is 0 Å². The Morgan fingerprint density at radius 3 is 2.71 bits per heavy atom. The van der Waals surface area contributed by atoms with Gasteiger partial charge in [-0.05, 0) is 37.3 Å². The van der Waals surface area contributed by atoms with Crippen LogP contribution in [0, 0.1) is 13.8 Å². The lowest BCUT2D eigenvalue weighted by Crippen LogP contribution is -2.24. The minimum atomic E-state index is -0.118. The summed E-state index contributed by atoms with van der Waals surface area (Å²) in [5.41, 5.74) is 4.33. The van der Waals surface area contributed by atoms with Crippen molar-refractivity contribution in [2.45, 2.75) is 26.2 Å². The molecule has 1 aliphatic heterocycles. The van der Waals surface area contributed by atoms with Crippen molar-refractivity contribution in [2.75, 3.05) is 11.4 Å². The molecule has 7 nitrogen and oxygen atoms in total. The summed E-state index contributed by atoms with van der Waals surface area (Å²) in [6.45, 7) is 4.37. The van der Waals surface area contributed by atoms with Crippen molar-refractivity contribution in [1.82, 2.24) is 15.1 Å². The molecule has 0 spiro atoms. The summed E-state index contributed by atoms with van der Waals surface area (Å²) in [6, 6.07) is 13.5. The van der Waals surface area contributed by atoms with Crippen LogP contribution in [-0.4, -0.2) is 27.6 Å². The Labute approximate surface area is 161 Å². The molecule has 2 aromatic carbocycles.